The first kappa shape index (κ1) is 17.5. The molecule has 0 saturated carbocycles. The Labute approximate surface area is 137 Å². The van der Waals surface area contributed by atoms with E-state index in [1.165, 1.54) is 4.57 Å². The highest BCUT2D eigenvalue weighted by Crippen LogP contribution is 2.17. The minimum absolute atomic E-state index is 0.00158. The van der Waals surface area contributed by atoms with Crippen molar-refractivity contribution >= 4 is 23.7 Å². The van der Waals surface area contributed by atoms with Crippen molar-refractivity contribution in [3.8, 4) is 0 Å². The summed E-state index contributed by atoms with van der Waals surface area (Å²) < 4.78 is 6.97. The quantitative estimate of drug-likeness (QED) is 0.603. The molecule has 2 rings (SSSR count). The molecule has 1 aromatic rings. The molecule has 3 N–H and O–H groups in total. The molecular formula is C13H21N5O4S. The van der Waals surface area contributed by atoms with Crippen LogP contribution in [-0.2, 0) is 16.1 Å². The van der Waals surface area contributed by atoms with E-state index in [9.17, 15) is 14.4 Å². The number of imide groups is 1. The maximum Gasteiger partial charge on any atom is 0.344 e. The van der Waals surface area contributed by atoms with Gasteiger partial charge in [-0.3, -0.25) is 14.7 Å². The molecular weight excluding hydrogens is 322 g/mol. The molecule has 2 heterocycles. The van der Waals surface area contributed by atoms with E-state index in [-0.39, 0.29) is 17.5 Å². The molecule has 23 heavy (non-hydrogen) atoms. The van der Waals surface area contributed by atoms with Crippen LogP contribution in [0.3, 0.4) is 0 Å². The van der Waals surface area contributed by atoms with Crippen LogP contribution in [0, 0.1) is 0 Å². The van der Waals surface area contributed by atoms with Gasteiger partial charge in [-0.2, -0.15) is 0 Å². The third-order valence-corrected chi connectivity index (χ3v) is 4.23. The van der Waals surface area contributed by atoms with Crippen LogP contribution in [0.25, 0.3) is 0 Å². The first-order valence-electron chi connectivity index (χ1n) is 7.57. The number of rotatable bonds is 7. The number of nitrogens with zero attached hydrogens (tertiary/aromatic N) is 2. The lowest BCUT2D eigenvalue weighted by atomic mass is 10.2. The van der Waals surface area contributed by atoms with E-state index in [0.717, 1.165) is 31.0 Å². The lowest BCUT2D eigenvalue weighted by Crippen LogP contribution is -2.40. The van der Waals surface area contributed by atoms with E-state index in [2.05, 4.69) is 20.8 Å². The lowest BCUT2D eigenvalue weighted by molar-refractivity contribution is -0.117. The molecule has 3 amide bonds. The second-order valence-electron chi connectivity index (χ2n) is 5.15. The van der Waals surface area contributed by atoms with Gasteiger partial charge in [0.2, 0.25) is 5.91 Å². The number of urea groups is 1. The monoisotopic (exact) mass is 343 g/mol. The predicted octanol–water partition coefficient (Wildman–Crippen LogP) is 0.0783. The van der Waals surface area contributed by atoms with Crippen LogP contribution in [-0.4, -0.2) is 51.7 Å². The van der Waals surface area contributed by atoms with Gasteiger partial charge in [0, 0.05) is 13.2 Å². The Kier molecular flexibility index (Phi) is 6.66. The Morgan fingerprint density at radius 2 is 2.35 bits per heavy atom. The molecule has 0 spiro atoms. The molecule has 1 fully saturated rings. The van der Waals surface area contributed by atoms with E-state index in [0.29, 0.717) is 24.9 Å². The summed E-state index contributed by atoms with van der Waals surface area (Å²) in [6.07, 6.45) is 2.67. The zero-order valence-corrected chi connectivity index (χ0v) is 13.8. The van der Waals surface area contributed by atoms with E-state index in [1.807, 2.05) is 6.92 Å². The van der Waals surface area contributed by atoms with Crippen molar-refractivity contribution in [2.45, 2.75) is 44.0 Å². The minimum atomic E-state index is -0.517. The van der Waals surface area contributed by atoms with Gasteiger partial charge in [0.1, 0.15) is 0 Å². The third-order valence-electron chi connectivity index (χ3n) is 3.25. The number of ether oxygens (including phenoxy) is 1. The highest BCUT2D eigenvalue weighted by atomic mass is 32.2. The van der Waals surface area contributed by atoms with Gasteiger partial charge in [0.15, 0.2) is 5.16 Å². The SMILES string of the molecule is CCCNC(=O)NC(=O)CSc1n[nH]c(=O)n1C[C@@H]1CCCO1. The van der Waals surface area contributed by atoms with Gasteiger partial charge < -0.3 is 10.1 Å². The summed E-state index contributed by atoms with van der Waals surface area (Å²) in [5, 5.41) is 11.5. The van der Waals surface area contributed by atoms with Crippen molar-refractivity contribution < 1.29 is 14.3 Å². The normalized spacial score (nSPS) is 17.2. The van der Waals surface area contributed by atoms with E-state index < -0.39 is 11.9 Å². The van der Waals surface area contributed by atoms with E-state index >= 15 is 0 Å². The Morgan fingerprint density at radius 3 is 3.04 bits per heavy atom. The fourth-order valence-corrected chi connectivity index (χ4v) is 2.90. The van der Waals surface area contributed by atoms with Gasteiger partial charge in [0.05, 0.1) is 18.4 Å². The molecule has 1 saturated heterocycles. The van der Waals surface area contributed by atoms with Crippen LogP contribution in [0.5, 0.6) is 0 Å². The summed E-state index contributed by atoms with van der Waals surface area (Å²) in [6, 6.07) is -0.517. The van der Waals surface area contributed by atoms with Gasteiger partial charge >= 0.3 is 11.7 Å². The average Bonchev–Trinajstić information content (AvgIpc) is 3.15. The lowest BCUT2D eigenvalue weighted by Gasteiger charge is -2.11. The second-order valence-corrected chi connectivity index (χ2v) is 6.09. The van der Waals surface area contributed by atoms with Gasteiger partial charge in [-0.1, -0.05) is 18.7 Å². The van der Waals surface area contributed by atoms with Crippen LogP contribution in [0.15, 0.2) is 9.95 Å². The zero-order valence-electron chi connectivity index (χ0n) is 13.0. The number of amides is 3. The molecule has 0 unspecified atom stereocenters. The van der Waals surface area contributed by atoms with Crippen molar-refractivity contribution in [2.24, 2.45) is 0 Å². The van der Waals surface area contributed by atoms with Crippen molar-refractivity contribution in [3.63, 3.8) is 0 Å². The third kappa shape index (κ3) is 5.39. The van der Waals surface area contributed by atoms with Gasteiger partial charge in [0.25, 0.3) is 0 Å². The summed E-state index contributed by atoms with van der Waals surface area (Å²) in [4.78, 5) is 34.9. The van der Waals surface area contributed by atoms with Gasteiger partial charge in [-0.05, 0) is 19.3 Å². The van der Waals surface area contributed by atoms with E-state index in [4.69, 9.17) is 4.74 Å². The van der Waals surface area contributed by atoms with Gasteiger partial charge in [-0.25, -0.2) is 14.7 Å². The maximum atomic E-state index is 11.8. The van der Waals surface area contributed by atoms with Crippen LogP contribution in [0.4, 0.5) is 4.79 Å². The number of nitrogens with one attached hydrogen (secondary N) is 3. The van der Waals surface area contributed by atoms with Crippen LogP contribution in [0.1, 0.15) is 26.2 Å². The smallest absolute Gasteiger partial charge is 0.344 e. The van der Waals surface area contributed by atoms with Crippen molar-refractivity contribution in [2.75, 3.05) is 18.9 Å². The highest BCUT2D eigenvalue weighted by molar-refractivity contribution is 7.99. The molecule has 0 radical (unpaired) electrons. The minimum Gasteiger partial charge on any atom is -0.376 e. The molecule has 1 aliphatic rings. The predicted molar refractivity (Wildman–Crippen MR) is 84.4 cm³/mol. The molecule has 9 nitrogen and oxygen atoms in total. The topological polar surface area (TPSA) is 118 Å². The molecule has 1 aliphatic heterocycles. The summed E-state index contributed by atoms with van der Waals surface area (Å²) in [6.45, 7) is 3.54. The standard InChI is InChI=1S/C13H21N5O4S/c1-2-5-14-11(20)15-10(19)8-23-13-17-16-12(21)18(13)7-9-4-3-6-22-9/h9H,2-8H2,1H3,(H,16,21)(H2,14,15,19,20)/t9-/m0/s1. The van der Waals surface area contributed by atoms with Crippen molar-refractivity contribution in [3.05, 3.63) is 10.5 Å². The first-order chi connectivity index (χ1) is 11.1. The molecule has 0 bridgehead atoms. The molecule has 10 heteroatoms. The van der Waals surface area contributed by atoms with Crippen molar-refractivity contribution in [1.82, 2.24) is 25.4 Å². The van der Waals surface area contributed by atoms with Crippen LogP contribution in [0.2, 0.25) is 0 Å². The number of aromatic nitrogens is 3. The molecule has 0 aromatic carbocycles. The number of thioether (sulfide) groups is 1. The number of hydrogen-bond acceptors (Lipinski definition) is 6. The summed E-state index contributed by atoms with van der Waals surface area (Å²) in [5.74, 6) is -0.447. The maximum absolute atomic E-state index is 11.8. The second kappa shape index (κ2) is 8.73. The number of carbonyl (C=O) groups excluding carboxylic acids is 2. The summed E-state index contributed by atoms with van der Waals surface area (Å²) in [5.41, 5.74) is -0.330. The number of H-pyrrole nitrogens is 1. The Morgan fingerprint density at radius 1 is 1.52 bits per heavy atom. The highest BCUT2D eigenvalue weighted by Gasteiger charge is 2.20. The number of carbonyl (C=O) groups is 2. The number of hydrogen-bond donors (Lipinski definition) is 3. The van der Waals surface area contributed by atoms with Crippen LogP contribution >= 0.6 is 11.8 Å². The molecule has 0 aliphatic carbocycles. The summed E-state index contributed by atoms with van der Waals surface area (Å²) >= 11 is 1.10. The average molecular weight is 343 g/mol. The molecule has 1 aromatic heterocycles. The molecule has 128 valence electrons. The number of aromatic amines is 1. The summed E-state index contributed by atoms with van der Waals surface area (Å²) in [7, 11) is 0. The Bertz CT molecular complexity index is 593. The first-order valence-corrected chi connectivity index (χ1v) is 8.56. The van der Waals surface area contributed by atoms with Crippen LogP contribution < -0.4 is 16.3 Å². The largest absolute Gasteiger partial charge is 0.376 e. The van der Waals surface area contributed by atoms with Gasteiger partial charge in [-0.15, -0.1) is 5.10 Å². The molecule has 1 atom stereocenters. The Hall–Kier alpha value is -1.81. The fourth-order valence-electron chi connectivity index (χ4n) is 2.14. The fraction of sp³-hybridized carbons (Fsp3) is 0.692. The van der Waals surface area contributed by atoms with E-state index in [1.54, 1.807) is 0 Å². The van der Waals surface area contributed by atoms with Crippen molar-refractivity contribution in [1.29, 1.82) is 0 Å². The Balaban J connectivity index is 1.84. The zero-order chi connectivity index (χ0) is 16.7.